The first-order valence-corrected chi connectivity index (χ1v) is 12.4. The Balaban J connectivity index is 1.43. The largest absolute Gasteiger partial charge is 0.493 e. The maximum atomic E-state index is 13.7. The Kier molecular flexibility index (Phi) is 5.97. The van der Waals surface area contributed by atoms with Crippen LogP contribution in [0.15, 0.2) is 79.3 Å². The van der Waals surface area contributed by atoms with Crippen molar-refractivity contribution in [3.8, 4) is 17.3 Å². The molecule has 9 nitrogen and oxygen atoms in total. The lowest BCUT2D eigenvalue weighted by atomic mass is 10.0. The maximum Gasteiger partial charge on any atom is 0.261 e. The molecule has 0 unspecified atom stereocenters. The number of fused-ring (bicyclic) bond motifs is 2. The monoisotopic (exact) mass is 523 g/mol. The van der Waals surface area contributed by atoms with E-state index in [2.05, 4.69) is 25.5 Å². The first-order chi connectivity index (χ1) is 18.5. The van der Waals surface area contributed by atoms with Crippen molar-refractivity contribution >= 4 is 45.1 Å². The predicted octanol–water partition coefficient (Wildman–Crippen LogP) is 5.77. The van der Waals surface area contributed by atoms with E-state index in [1.54, 1.807) is 33.8 Å². The highest BCUT2D eigenvalue weighted by molar-refractivity contribution is 6.30. The summed E-state index contributed by atoms with van der Waals surface area (Å²) in [6, 6.07) is 20.6. The van der Waals surface area contributed by atoms with Gasteiger partial charge in [-0.15, -0.1) is 0 Å². The number of nitrogens with zero attached hydrogens (tertiary/aromatic N) is 6. The van der Waals surface area contributed by atoms with Crippen LogP contribution in [0.1, 0.15) is 23.0 Å². The van der Waals surface area contributed by atoms with E-state index in [4.69, 9.17) is 16.3 Å². The molecule has 3 aromatic heterocycles. The van der Waals surface area contributed by atoms with Gasteiger partial charge in [-0.1, -0.05) is 41.9 Å². The Morgan fingerprint density at radius 2 is 1.82 bits per heavy atom. The van der Waals surface area contributed by atoms with Crippen molar-refractivity contribution in [2.75, 3.05) is 11.9 Å². The highest BCUT2D eigenvalue weighted by Gasteiger charge is 2.21. The van der Waals surface area contributed by atoms with Gasteiger partial charge >= 0.3 is 0 Å². The number of ether oxygens (including phenoxy) is 1. The van der Waals surface area contributed by atoms with Crippen molar-refractivity contribution in [1.82, 2.24) is 29.5 Å². The third kappa shape index (κ3) is 4.12. The van der Waals surface area contributed by atoms with E-state index in [1.165, 1.54) is 6.33 Å². The number of carbonyl (C=O) groups is 1. The topological polar surface area (TPSA) is 99.8 Å². The molecule has 0 atom stereocenters. The lowest BCUT2D eigenvalue weighted by Crippen LogP contribution is -2.17. The lowest BCUT2D eigenvalue weighted by molar-refractivity contribution is 0.102. The van der Waals surface area contributed by atoms with E-state index in [1.807, 2.05) is 62.4 Å². The van der Waals surface area contributed by atoms with Crippen molar-refractivity contribution in [3.05, 3.63) is 95.5 Å². The molecule has 188 valence electrons. The average Bonchev–Trinajstić information content (AvgIpc) is 3.52. The second kappa shape index (κ2) is 9.60. The van der Waals surface area contributed by atoms with Crippen LogP contribution in [-0.2, 0) is 0 Å². The van der Waals surface area contributed by atoms with Gasteiger partial charge in [0, 0.05) is 11.1 Å². The fraction of sp³-hybridized carbons (Fsp3) is 0.107. The van der Waals surface area contributed by atoms with E-state index in [0.717, 1.165) is 16.5 Å². The zero-order valence-corrected chi connectivity index (χ0v) is 21.3. The number of carbonyl (C=O) groups excluding carboxylic acids is 1. The summed E-state index contributed by atoms with van der Waals surface area (Å²) in [5, 5.41) is 15.2. The molecule has 38 heavy (non-hydrogen) atoms. The van der Waals surface area contributed by atoms with Crippen molar-refractivity contribution < 1.29 is 9.53 Å². The highest BCUT2D eigenvalue weighted by Crippen LogP contribution is 2.30. The summed E-state index contributed by atoms with van der Waals surface area (Å²) in [4.78, 5) is 22.6. The molecule has 6 rings (SSSR count). The summed E-state index contributed by atoms with van der Waals surface area (Å²) in [5.74, 6) is 1.15. The quantitative estimate of drug-likeness (QED) is 0.297. The fourth-order valence-electron chi connectivity index (χ4n) is 4.46. The number of nitrogens with one attached hydrogen (secondary N) is 1. The first-order valence-electron chi connectivity index (χ1n) is 12.0. The van der Waals surface area contributed by atoms with Gasteiger partial charge in [-0.3, -0.25) is 4.79 Å². The van der Waals surface area contributed by atoms with Crippen LogP contribution in [0.25, 0.3) is 33.3 Å². The third-order valence-corrected chi connectivity index (χ3v) is 6.36. The van der Waals surface area contributed by atoms with Gasteiger partial charge in [-0.2, -0.15) is 14.9 Å². The Morgan fingerprint density at radius 1 is 1.00 bits per heavy atom. The van der Waals surface area contributed by atoms with Gasteiger partial charge < -0.3 is 10.1 Å². The highest BCUT2D eigenvalue weighted by atomic mass is 35.5. The van der Waals surface area contributed by atoms with Gasteiger partial charge in [0.15, 0.2) is 11.5 Å². The Labute approximate surface area is 222 Å². The van der Waals surface area contributed by atoms with Gasteiger partial charge in [0.25, 0.3) is 5.91 Å². The minimum atomic E-state index is -0.312. The van der Waals surface area contributed by atoms with Gasteiger partial charge in [-0.25, -0.2) is 14.6 Å². The van der Waals surface area contributed by atoms with E-state index in [9.17, 15) is 4.79 Å². The molecule has 0 saturated carbocycles. The Hall–Kier alpha value is -4.76. The van der Waals surface area contributed by atoms with Crippen LogP contribution in [0, 0.1) is 6.92 Å². The SMILES string of the molecule is CCOc1ccc2ccccc2c1C(=O)Nc1cc(C)nn1-c1ncnc2c1cnn2-c1ccc(Cl)cc1. The van der Waals surface area contributed by atoms with Crippen molar-refractivity contribution in [2.45, 2.75) is 13.8 Å². The zero-order chi connectivity index (χ0) is 26.2. The minimum Gasteiger partial charge on any atom is -0.493 e. The van der Waals surface area contributed by atoms with Gasteiger partial charge in [0.2, 0.25) is 0 Å². The molecule has 3 heterocycles. The van der Waals surface area contributed by atoms with Gasteiger partial charge in [0.1, 0.15) is 17.9 Å². The average molecular weight is 524 g/mol. The molecule has 0 saturated heterocycles. The standard InChI is InChI=1S/C28H22ClN7O2/c1-3-38-23-13-8-18-6-4-5-7-21(18)25(23)28(37)33-24-14-17(2)34-36(24)27-22-15-32-35(26(22)30-16-31-27)20-11-9-19(29)10-12-20/h4-16H,3H2,1-2H3,(H,33,37). The number of benzene rings is 3. The summed E-state index contributed by atoms with van der Waals surface area (Å²) in [7, 11) is 0. The molecular formula is C28H22ClN7O2. The van der Waals surface area contributed by atoms with Crippen LogP contribution in [-0.4, -0.2) is 42.0 Å². The first kappa shape index (κ1) is 23.6. The van der Waals surface area contributed by atoms with Gasteiger partial charge in [-0.05, 0) is 55.0 Å². The molecule has 0 aliphatic carbocycles. The maximum absolute atomic E-state index is 13.7. The van der Waals surface area contributed by atoms with Crippen LogP contribution < -0.4 is 10.1 Å². The van der Waals surface area contributed by atoms with Crippen molar-refractivity contribution in [2.24, 2.45) is 0 Å². The smallest absolute Gasteiger partial charge is 0.261 e. The fourth-order valence-corrected chi connectivity index (χ4v) is 4.59. The minimum absolute atomic E-state index is 0.312. The summed E-state index contributed by atoms with van der Waals surface area (Å²) >= 11 is 6.05. The van der Waals surface area contributed by atoms with Crippen molar-refractivity contribution in [1.29, 1.82) is 0 Å². The molecule has 0 fully saturated rings. The number of aryl methyl sites for hydroxylation is 1. The molecule has 1 amide bonds. The van der Waals surface area contributed by atoms with E-state index in [0.29, 0.717) is 51.3 Å². The normalized spacial score (nSPS) is 11.2. The molecule has 0 bridgehead atoms. The third-order valence-electron chi connectivity index (χ3n) is 6.11. The molecule has 0 aliphatic heterocycles. The summed E-state index contributed by atoms with van der Waals surface area (Å²) in [5.41, 5.74) is 2.56. The number of halogens is 1. The number of anilines is 1. The molecule has 6 aromatic rings. The molecular weight excluding hydrogens is 502 g/mol. The second-order valence-electron chi connectivity index (χ2n) is 8.60. The molecule has 0 aliphatic rings. The van der Waals surface area contributed by atoms with Gasteiger partial charge in [0.05, 0.1) is 35.1 Å². The molecule has 0 spiro atoms. The summed E-state index contributed by atoms with van der Waals surface area (Å²) in [6.45, 7) is 4.18. The van der Waals surface area contributed by atoms with E-state index >= 15 is 0 Å². The molecule has 0 radical (unpaired) electrons. The zero-order valence-electron chi connectivity index (χ0n) is 20.6. The summed E-state index contributed by atoms with van der Waals surface area (Å²) in [6.07, 6.45) is 3.13. The molecule has 3 aromatic carbocycles. The molecule has 1 N–H and O–H groups in total. The number of rotatable bonds is 6. The van der Waals surface area contributed by atoms with Crippen LogP contribution in [0.4, 0.5) is 5.82 Å². The van der Waals surface area contributed by atoms with Crippen LogP contribution in [0.5, 0.6) is 5.75 Å². The predicted molar refractivity (Wildman–Crippen MR) is 147 cm³/mol. The Morgan fingerprint density at radius 3 is 2.63 bits per heavy atom. The molecule has 10 heteroatoms. The second-order valence-corrected chi connectivity index (χ2v) is 9.03. The van der Waals surface area contributed by atoms with Crippen LogP contribution in [0.3, 0.4) is 0 Å². The Bertz CT molecular complexity index is 1810. The number of amides is 1. The van der Waals surface area contributed by atoms with Crippen molar-refractivity contribution in [3.63, 3.8) is 0 Å². The number of hydrogen-bond acceptors (Lipinski definition) is 6. The number of hydrogen-bond donors (Lipinski definition) is 1. The van der Waals surface area contributed by atoms with E-state index < -0.39 is 0 Å². The van der Waals surface area contributed by atoms with Crippen LogP contribution in [0.2, 0.25) is 5.02 Å². The van der Waals surface area contributed by atoms with E-state index in [-0.39, 0.29) is 5.91 Å². The summed E-state index contributed by atoms with van der Waals surface area (Å²) < 4.78 is 9.11. The van der Waals surface area contributed by atoms with Crippen LogP contribution >= 0.6 is 11.6 Å². The lowest BCUT2D eigenvalue weighted by Gasteiger charge is -2.14. The number of aromatic nitrogens is 6.